The minimum Gasteiger partial charge on any atom is -0.335 e. The largest absolute Gasteiger partial charge is 0.335 e. The Labute approximate surface area is 185 Å². The first-order valence-electron chi connectivity index (χ1n) is 10.8. The van der Waals surface area contributed by atoms with Gasteiger partial charge in [-0.25, -0.2) is 13.2 Å². The molecule has 0 N–H and O–H groups in total. The Balaban J connectivity index is 1.38. The quantitative estimate of drug-likeness (QED) is 0.533. The first-order valence-corrected chi connectivity index (χ1v) is 11.2. The van der Waals surface area contributed by atoms with E-state index < -0.39 is 23.4 Å². The smallest absolute Gasteiger partial charge is 0.257 e. The summed E-state index contributed by atoms with van der Waals surface area (Å²) in [6.45, 7) is 3.15. The zero-order chi connectivity index (χ0) is 22.0. The molecule has 4 rings (SSSR count). The molecule has 7 heteroatoms. The second-order valence-corrected chi connectivity index (χ2v) is 9.03. The number of nitrogens with zero attached hydrogens (tertiary/aromatic N) is 2. The lowest BCUT2D eigenvalue weighted by molar-refractivity contribution is 0.0555. The van der Waals surface area contributed by atoms with Crippen LogP contribution in [0.15, 0.2) is 36.4 Å². The molecule has 2 aromatic rings. The molecule has 31 heavy (non-hydrogen) atoms. The number of piperidine rings is 1. The monoisotopic (exact) mass is 450 g/mol. The number of likely N-dealkylation sites (tertiary alicyclic amines) is 1. The van der Waals surface area contributed by atoms with E-state index in [1.165, 1.54) is 5.56 Å². The number of halogens is 4. The van der Waals surface area contributed by atoms with Crippen molar-refractivity contribution in [1.82, 2.24) is 9.80 Å². The Hall–Kier alpha value is -2.05. The molecule has 2 aromatic carbocycles. The summed E-state index contributed by atoms with van der Waals surface area (Å²) >= 11 is 5.94. The third-order valence-electron chi connectivity index (χ3n) is 6.28. The molecule has 1 saturated heterocycles. The van der Waals surface area contributed by atoms with Crippen LogP contribution in [0.2, 0.25) is 5.02 Å². The van der Waals surface area contributed by atoms with Gasteiger partial charge < -0.3 is 9.80 Å². The van der Waals surface area contributed by atoms with E-state index in [0.717, 1.165) is 56.8 Å². The van der Waals surface area contributed by atoms with Gasteiger partial charge in [0.1, 0.15) is 5.82 Å². The van der Waals surface area contributed by atoms with Crippen LogP contribution in [0.25, 0.3) is 0 Å². The minimum absolute atomic E-state index is 0.0209. The van der Waals surface area contributed by atoms with Gasteiger partial charge in [0.05, 0.1) is 5.56 Å². The van der Waals surface area contributed by atoms with E-state index in [1.807, 2.05) is 24.3 Å². The molecule has 1 heterocycles. The highest BCUT2D eigenvalue weighted by Crippen LogP contribution is 2.32. The van der Waals surface area contributed by atoms with Crippen molar-refractivity contribution in [1.29, 1.82) is 0 Å². The second-order valence-electron chi connectivity index (χ2n) is 8.60. The lowest BCUT2D eigenvalue weighted by Crippen LogP contribution is -2.48. The predicted octanol–water partition coefficient (Wildman–Crippen LogP) is 5.32. The number of rotatable bonds is 7. The van der Waals surface area contributed by atoms with E-state index in [4.69, 9.17) is 11.6 Å². The molecule has 1 aliphatic heterocycles. The van der Waals surface area contributed by atoms with Gasteiger partial charge in [-0.1, -0.05) is 23.7 Å². The van der Waals surface area contributed by atoms with Gasteiger partial charge in [0.25, 0.3) is 5.91 Å². The number of amides is 1. The summed E-state index contributed by atoms with van der Waals surface area (Å²) in [7, 11) is 0. The number of benzene rings is 2. The Bertz CT molecular complexity index is 925. The van der Waals surface area contributed by atoms with Crippen molar-refractivity contribution in [2.75, 3.05) is 26.2 Å². The SMILES string of the molecule is O=C(c1cc(F)c(F)cc1F)N(CC1CC1)C1CCN(CCc2ccc(Cl)cc2)CC1. The van der Waals surface area contributed by atoms with Crippen LogP contribution in [0, 0.1) is 23.4 Å². The molecule has 1 amide bonds. The Morgan fingerprint density at radius 3 is 2.26 bits per heavy atom. The predicted molar refractivity (Wildman–Crippen MR) is 115 cm³/mol. The number of hydrogen-bond donors (Lipinski definition) is 0. The molecule has 1 aliphatic carbocycles. The van der Waals surface area contributed by atoms with Gasteiger partial charge in [-0.2, -0.15) is 0 Å². The van der Waals surface area contributed by atoms with Gasteiger partial charge >= 0.3 is 0 Å². The molecule has 166 valence electrons. The van der Waals surface area contributed by atoms with Crippen LogP contribution in [0.4, 0.5) is 13.2 Å². The van der Waals surface area contributed by atoms with Gasteiger partial charge in [-0.05, 0) is 61.8 Å². The molecule has 0 atom stereocenters. The van der Waals surface area contributed by atoms with Gasteiger partial charge in [0, 0.05) is 43.3 Å². The third kappa shape index (κ3) is 5.60. The first kappa shape index (κ1) is 22.2. The summed E-state index contributed by atoms with van der Waals surface area (Å²) in [6, 6.07) is 8.96. The average molecular weight is 451 g/mol. The number of hydrogen-bond acceptors (Lipinski definition) is 2. The molecule has 0 spiro atoms. The molecule has 0 unspecified atom stereocenters. The maximum absolute atomic E-state index is 14.2. The molecule has 2 fully saturated rings. The van der Waals surface area contributed by atoms with E-state index in [1.54, 1.807) is 4.90 Å². The lowest BCUT2D eigenvalue weighted by Gasteiger charge is -2.39. The van der Waals surface area contributed by atoms with Crippen LogP contribution in [-0.2, 0) is 6.42 Å². The van der Waals surface area contributed by atoms with Crippen molar-refractivity contribution in [3.05, 3.63) is 70.0 Å². The van der Waals surface area contributed by atoms with Gasteiger partial charge in [-0.3, -0.25) is 4.79 Å². The average Bonchev–Trinajstić information content (AvgIpc) is 3.58. The fourth-order valence-corrected chi connectivity index (χ4v) is 4.34. The van der Waals surface area contributed by atoms with Crippen molar-refractivity contribution in [2.24, 2.45) is 5.92 Å². The standard InChI is InChI=1S/C24H26ClF3N2O/c25-18-5-3-16(4-6-18)7-10-29-11-8-19(9-12-29)30(15-17-1-2-17)24(31)20-13-22(27)23(28)14-21(20)26/h3-6,13-14,17,19H,1-2,7-12,15H2. The maximum atomic E-state index is 14.2. The zero-order valence-electron chi connectivity index (χ0n) is 17.3. The third-order valence-corrected chi connectivity index (χ3v) is 6.53. The van der Waals surface area contributed by atoms with E-state index >= 15 is 0 Å². The highest BCUT2D eigenvalue weighted by Gasteiger charge is 2.34. The molecule has 2 aliphatic rings. The van der Waals surface area contributed by atoms with Crippen LogP contribution in [-0.4, -0.2) is 47.9 Å². The first-order chi connectivity index (χ1) is 14.9. The molecule has 0 aromatic heterocycles. The van der Waals surface area contributed by atoms with Crippen molar-refractivity contribution in [2.45, 2.75) is 38.1 Å². The highest BCUT2D eigenvalue weighted by molar-refractivity contribution is 6.30. The number of carbonyl (C=O) groups is 1. The van der Waals surface area contributed by atoms with E-state index in [9.17, 15) is 18.0 Å². The van der Waals surface area contributed by atoms with E-state index in [0.29, 0.717) is 24.6 Å². The van der Waals surface area contributed by atoms with E-state index in [2.05, 4.69) is 4.90 Å². The van der Waals surface area contributed by atoms with Crippen LogP contribution in [0.3, 0.4) is 0 Å². The lowest BCUT2D eigenvalue weighted by atomic mass is 10.0. The summed E-state index contributed by atoms with van der Waals surface area (Å²) < 4.78 is 41.2. The van der Waals surface area contributed by atoms with E-state index in [-0.39, 0.29) is 11.6 Å². The van der Waals surface area contributed by atoms with Gasteiger partial charge in [-0.15, -0.1) is 0 Å². The van der Waals surface area contributed by atoms with Gasteiger partial charge in [0.15, 0.2) is 11.6 Å². The highest BCUT2D eigenvalue weighted by atomic mass is 35.5. The van der Waals surface area contributed by atoms with Crippen LogP contribution in [0.5, 0.6) is 0 Å². The van der Waals surface area contributed by atoms with Crippen molar-refractivity contribution < 1.29 is 18.0 Å². The van der Waals surface area contributed by atoms with Gasteiger partial charge in [0.2, 0.25) is 0 Å². The summed E-state index contributed by atoms with van der Waals surface area (Å²) in [5.41, 5.74) is 0.843. The molecule has 3 nitrogen and oxygen atoms in total. The van der Waals surface area contributed by atoms with Crippen molar-refractivity contribution >= 4 is 17.5 Å². The summed E-state index contributed by atoms with van der Waals surface area (Å²) in [5.74, 6) is -3.61. The fourth-order valence-electron chi connectivity index (χ4n) is 4.21. The second kappa shape index (κ2) is 9.61. The Morgan fingerprint density at radius 1 is 0.968 bits per heavy atom. The van der Waals surface area contributed by atoms with Crippen molar-refractivity contribution in [3.63, 3.8) is 0 Å². The zero-order valence-corrected chi connectivity index (χ0v) is 18.1. The van der Waals surface area contributed by atoms with Crippen molar-refractivity contribution in [3.8, 4) is 0 Å². The number of carbonyl (C=O) groups excluding carboxylic acids is 1. The topological polar surface area (TPSA) is 23.6 Å². The maximum Gasteiger partial charge on any atom is 0.257 e. The molecule has 0 bridgehead atoms. The molecular formula is C24H26ClF3N2O. The van der Waals surface area contributed by atoms with Crippen LogP contribution >= 0.6 is 11.6 Å². The molecular weight excluding hydrogens is 425 g/mol. The van der Waals surface area contributed by atoms with Crippen LogP contribution < -0.4 is 0 Å². The fraction of sp³-hybridized carbons (Fsp3) is 0.458. The minimum atomic E-state index is -1.28. The summed E-state index contributed by atoms with van der Waals surface area (Å²) in [4.78, 5) is 17.1. The Kier molecular flexibility index (Phi) is 6.87. The molecule has 1 saturated carbocycles. The molecule has 0 radical (unpaired) electrons. The summed E-state index contributed by atoms with van der Waals surface area (Å²) in [6.07, 6.45) is 4.58. The normalized spacial score (nSPS) is 17.7. The summed E-state index contributed by atoms with van der Waals surface area (Å²) in [5, 5.41) is 0.724. The van der Waals surface area contributed by atoms with Crippen LogP contribution in [0.1, 0.15) is 41.6 Å². The Morgan fingerprint density at radius 2 is 1.61 bits per heavy atom.